The Morgan fingerprint density at radius 2 is 1.91 bits per heavy atom. The van der Waals surface area contributed by atoms with Gasteiger partial charge < -0.3 is 10.2 Å². The number of nitrogens with one attached hydrogen (secondary N) is 1. The van der Waals surface area contributed by atoms with Gasteiger partial charge in [0, 0.05) is 18.8 Å². The highest BCUT2D eigenvalue weighted by atomic mass is 35.5. The number of rotatable bonds is 1. The highest BCUT2D eigenvalue weighted by molar-refractivity contribution is 5.98. The summed E-state index contributed by atoms with van der Waals surface area (Å²) in [5.41, 5.74) is -0.797. The molecule has 3 nitrogen and oxygen atoms in total. The summed E-state index contributed by atoms with van der Waals surface area (Å²) < 4.78 is 38.6. The number of carbonyl (C=O) groups is 1. The van der Waals surface area contributed by atoms with E-state index in [4.69, 9.17) is 0 Å². The number of alkyl halides is 3. The van der Waals surface area contributed by atoms with Gasteiger partial charge in [0.15, 0.2) is 0 Å². The van der Waals surface area contributed by atoms with Crippen molar-refractivity contribution in [2.24, 2.45) is 5.41 Å². The average Bonchev–Trinajstić information content (AvgIpc) is 2.50. The predicted octanol–water partition coefficient (Wildman–Crippen LogP) is 3.62. The normalized spacial score (nSPS) is 25.3. The largest absolute Gasteiger partial charge is 0.416 e. The molecule has 0 bridgehead atoms. The van der Waals surface area contributed by atoms with Crippen LogP contribution in [0.1, 0.15) is 31.2 Å². The van der Waals surface area contributed by atoms with E-state index < -0.39 is 17.2 Å². The first kappa shape index (κ1) is 18.1. The first-order chi connectivity index (χ1) is 10.4. The molecule has 2 fully saturated rings. The molecule has 1 atom stereocenters. The number of halogens is 4. The topological polar surface area (TPSA) is 32.3 Å². The number of hydrogen-bond donors (Lipinski definition) is 1. The van der Waals surface area contributed by atoms with Crippen molar-refractivity contribution in [1.29, 1.82) is 0 Å². The highest BCUT2D eigenvalue weighted by Gasteiger charge is 2.45. The molecule has 1 aromatic carbocycles. The summed E-state index contributed by atoms with van der Waals surface area (Å²) in [6.45, 7) is 2.02. The minimum Gasteiger partial charge on any atom is -0.316 e. The molecule has 2 aliphatic rings. The molecule has 1 unspecified atom stereocenters. The number of carbonyl (C=O) groups excluding carboxylic acids is 1. The zero-order valence-corrected chi connectivity index (χ0v) is 13.5. The lowest BCUT2D eigenvalue weighted by Gasteiger charge is -2.44. The van der Waals surface area contributed by atoms with Crippen LogP contribution in [0.2, 0.25) is 0 Å². The summed E-state index contributed by atoms with van der Waals surface area (Å²) in [6, 6.07) is 5.07. The van der Waals surface area contributed by atoms with Gasteiger partial charge in [-0.2, -0.15) is 13.2 Å². The van der Waals surface area contributed by atoms with Gasteiger partial charge in [-0.05, 0) is 50.4 Å². The second kappa shape index (κ2) is 6.69. The minimum absolute atomic E-state index is 0. The zero-order valence-electron chi connectivity index (χ0n) is 12.7. The SMILES string of the molecule is Cl.O=C1N(c2cccc(C(F)(F)F)c2)CCCC12CCCNC2. The van der Waals surface area contributed by atoms with E-state index in [2.05, 4.69) is 5.32 Å². The van der Waals surface area contributed by atoms with E-state index in [0.29, 0.717) is 18.8 Å². The summed E-state index contributed by atoms with van der Waals surface area (Å²) in [7, 11) is 0. The third-order valence-electron chi connectivity index (χ3n) is 4.69. The van der Waals surface area contributed by atoms with Crippen LogP contribution in [0.5, 0.6) is 0 Å². The summed E-state index contributed by atoms with van der Waals surface area (Å²) in [5.74, 6) is -0.0368. The maximum Gasteiger partial charge on any atom is 0.416 e. The molecule has 0 aliphatic carbocycles. The molecule has 1 aromatic rings. The summed E-state index contributed by atoms with van der Waals surface area (Å²) in [4.78, 5) is 14.4. The molecule has 0 saturated carbocycles. The van der Waals surface area contributed by atoms with E-state index in [0.717, 1.165) is 44.4 Å². The van der Waals surface area contributed by atoms with Gasteiger partial charge in [0.2, 0.25) is 5.91 Å². The molecule has 23 heavy (non-hydrogen) atoms. The lowest BCUT2D eigenvalue weighted by atomic mass is 9.73. The fourth-order valence-electron chi connectivity index (χ4n) is 3.53. The fourth-order valence-corrected chi connectivity index (χ4v) is 3.53. The van der Waals surface area contributed by atoms with Crippen LogP contribution in [0.3, 0.4) is 0 Å². The van der Waals surface area contributed by atoms with E-state index in [9.17, 15) is 18.0 Å². The Balaban J connectivity index is 0.00000192. The van der Waals surface area contributed by atoms with Gasteiger partial charge in [0.25, 0.3) is 0 Å². The molecule has 128 valence electrons. The Morgan fingerprint density at radius 3 is 2.57 bits per heavy atom. The van der Waals surface area contributed by atoms with Crippen LogP contribution in [0, 0.1) is 5.41 Å². The van der Waals surface area contributed by atoms with Gasteiger partial charge in [-0.15, -0.1) is 12.4 Å². The lowest BCUT2D eigenvalue weighted by molar-refractivity contribution is -0.137. The Bertz CT molecular complexity index is 565. The Hall–Kier alpha value is -1.27. The Kier molecular flexibility index (Phi) is 5.26. The fraction of sp³-hybridized carbons (Fsp3) is 0.562. The second-order valence-electron chi connectivity index (χ2n) is 6.17. The van der Waals surface area contributed by atoms with Crippen LogP contribution in [0.25, 0.3) is 0 Å². The maximum absolute atomic E-state index is 12.9. The van der Waals surface area contributed by atoms with Crippen molar-refractivity contribution in [3.8, 4) is 0 Å². The molecule has 7 heteroatoms. The smallest absolute Gasteiger partial charge is 0.316 e. The van der Waals surface area contributed by atoms with E-state index >= 15 is 0 Å². The zero-order chi connectivity index (χ0) is 15.8. The number of piperidine rings is 2. The Labute approximate surface area is 139 Å². The first-order valence-corrected chi connectivity index (χ1v) is 7.62. The standard InChI is InChI=1S/C16H19F3N2O.ClH/c17-16(18,19)12-4-1-5-13(10-12)21-9-3-7-15(14(21)22)6-2-8-20-11-15;/h1,4-5,10,20H,2-3,6-9,11H2;1H. The molecule has 2 heterocycles. The van der Waals surface area contributed by atoms with Gasteiger partial charge >= 0.3 is 6.18 Å². The van der Waals surface area contributed by atoms with Gasteiger partial charge in [-0.25, -0.2) is 0 Å². The molecule has 0 radical (unpaired) electrons. The van der Waals surface area contributed by atoms with Crippen LogP contribution >= 0.6 is 12.4 Å². The number of benzene rings is 1. The van der Waals surface area contributed by atoms with Crippen LogP contribution in [-0.4, -0.2) is 25.5 Å². The van der Waals surface area contributed by atoms with Crippen molar-refractivity contribution in [1.82, 2.24) is 5.32 Å². The number of hydrogen-bond acceptors (Lipinski definition) is 2. The van der Waals surface area contributed by atoms with Gasteiger partial charge in [-0.1, -0.05) is 6.07 Å². The van der Waals surface area contributed by atoms with Gasteiger partial charge in [-0.3, -0.25) is 4.79 Å². The van der Waals surface area contributed by atoms with Crippen molar-refractivity contribution in [3.63, 3.8) is 0 Å². The highest BCUT2D eigenvalue weighted by Crippen LogP contribution is 2.40. The van der Waals surface area contributed by atoms with E-state index in [-0.39, 0.29) is 18.3 Å². The average molecular weight is 349 g/mol. The maximum atomic E-state index is 12.9. The number of nitrogens with zero attached hydrogens (tertiary/aromatic N) is 1. The lowest BCUT2D eigenvalue weighted by Crippen LogP contribution is -2.55. The summed E-state index contributed by atoms with van der Waals surface area (Å²) >= 11 is 0. The van der Waals surface area contributed by atoms with E-state index in [1.807, 2.05) is 0 Å². The number of amides is 1. The van der Waals surface area contributed by atoms with Crippen molar-refractivity contribution < 1.29 is 18.0 Å². The molecular formula is C16H20ClF3N2O. The molecule has 0 aromatic heterocycles. The minimum atomic E-state index is -4.39. The number of anilines is 1. The van der Waals surface area contributed by atoms with Crippen LogP contribution < -0.4 is 10.2 Å². The van der Waals surface area contributed by atoms with E-state index in [1.165, 1.54) is 11.0 Å². The van der Waals surface area contributed by atoms with Crippen molar-refractivity contribution in [3.05, 3.63) is 29.8 Å². The molecule has 2 aliphatic heterocycles. The van der Waals surface area contributed by atoms with Crippen molar-refractivity contribution in [2.45, 2.75) is 31.9 Å². The molecule has 1 N–H and O–H groups in total. The van der Waals surface area contributed by atoms with Gasteiger partial charge in [0.05, 0.1) is 11.0 Å². The monoisotopic (exact) mass is 348 g/mol. The predicted molar refractivity (Wildman–Crippen MR) is 84.8 cm³/mol. The van der Waals surface area contributed by atoms with E-state index in [1.54, 1.807) is 6.07 Å². The Morgan fingerprint density at radius 1 is 1.17 bits per heavy atom. The summed E-state index contributed by atoms with van der Waals surface area (Å²) in [5, 5.41) is 3.26. The molecule has 1 amide bonds. The molecule has 2 saturated heterocycles. The van der Waals surface area contributed by atoms with Crippen LogP contribution in [0.15, 0.2) is 24.3 Å². The molecular weight excluding hydrogens is 329 g/mol. The summed E-state index contributed by atoms with van der Waals surface area (Å²) in [6.07, 6.45) is -1.01. The van der Waals surface area contributed by atoms with Crippen molar-refractivity contribution >= 4 is 24.0 Å². The molecule has 1 spiro atoms. The quantitative estimate of drug-likeness (QED) is 0.840. The third-order valence-corrected chi connectivity index (χ3v) is 4.69. The second-order valence-corrected chi connectivity index (χ2v) is 6.17. The molecule has 3 rings (SSSR count). The first-order valence-electron chi connectivity index (χ1n) is 7.62. The van der Waals surface area contributed by atoms with Gasteiger partial charge in [0.1, 0.15) is 0 Å². The van der Waals surface area contributed by atoms with Crippen LogP contribution in [0.4, 0.5) is 18.9 Å². The van der Waals surface area contributed by atoms with Crippen molar-refractivity contribution in [2.75, 3.05) is 24.5 Å². The van der Waals surface area contributed by atoms with Crippen LogP contribution in [-0.2, 0) is 11.0 Å². The third kappa shape index (κ3) is 3.48.